The highest BCUT2D eigenvalue weighted by Gasteiger charge is 2.46. The highest BCUT2D eigenvalue weighted by atomic mass is 16.5. The number of carbonyl (C=O) groups is 2. The lowest BCUT2D eigenvalue weighted by Crippen LogP contribution is -2.50. The number of nitrogens with one attached hydrogen (secondary N) is 1. The molecule has 2 aliphatic heterocycles. The van der Waals surface area contributed by atoms with Crippen LogP contribution in [-0.2, 0) is 24.2 Å². The van der Waals surface area contributed by atoms with Crippen LogP contribution in [0.4, 0.5) is 0 Å². The Kier molecular flexibility index (Phi) is 7.17. The van der Waals surface area contributed by atoms with Gasteiger partial charge in [-0.1, -0.05) is 49.4 Å². The Balaban J connectivity index is 1.54. The van der Waals surface area contributed by atoms with Crippen LogP contribution in [0.25, 0.3) is 0 Å². The van der Waals surface area contributed by atoms with E-state index in [1.165, 1.54) is 5.56 Å². The monoisotopic (exact) mass is 498 g/mol. The summed E-state index contributed by atoms with van der Waals surface area (Å²) < 4.78 is 11.8. The Labute approximate surface area is 218 Å². The molecule has 2 aliphatic rings. The van der Waals surface area contributed by atoms with Gasteiger partial charge in [-0.15, -0.1) is 0 Å². The molecule has 0 spiro atoms. The second-order valence-electron chi connectivity index (χ2n) is 9.51. The van der Waals surface area contributed by atoms with E-state index >= 15 is 0 Å². The Morgan fingerprint density at radius 3 is 2.30 bits per heavy atom. The van der Waals surface area contributed by atoms with Crippen LogP contribution in [-0.4, -0.2) is 36.5 Å². The van der Waals surface area contributed by atoms with Gasteiger partial charge in [-0.2, -0.15) is 0 Å². The van der Waals surface area contributed by atoms with E-state index in [0.717, 1.165) is 28.7 Å². The van der Waals surface area contributed by atoms with Gasteiger partial charge in [0.2, 0.25) is 5.91 Å². The molecule has 6 nitrogen and oxygen atoms in total. The van der Waals surface area contributed by atoms with Crippen LogP contribution < -0.4 is 14.8 Å². The van der Waals surface area contributed by atoms with Crippen molar-refractivity contribution < 1.29 is 19.1 Å². The number of rotatable bonds is 8. The first kappa shape index (κ1) is 24.9. The molecule has 1 N–H and O–H groups in total. The molecule has 0 unspecified atom stereocenters. The zero-order valence-corrected chi connectivity index (χ0v) is 21.8. The normalized spacial score (nSPS) is 17.9. The first-order chi connectivity index (χ1) is 18.0. The molecule has 3 aromatic carbocycles. The molecule has 0 aliphatic carbocycles. The van der Waals surface area contributed by atoms with E-state index in [2.05, 4.69) is 36.5 Å². The minimum absolute atomic E-state index is 0.0303. The fourth-order valence-corrected chi connectivity index (χ4v) is 5.55. The van der Waals surface area contributed by atoms with Crippen molar-refractivity contribution in [3.63, 3.8) is 0 Å². The van der Waals surface area contributed by atoms with Crippen LogP contribution in [0, 0.1) is 0 Å². The van der Waals surface area contributed by atoms with Crippen molar-refractivity contribution >= 4 is 11.8 Å². The van der Waals surface area contributed by atoms with Gasteiger partial charge in [0.15, 0.2) is 11.5 Å². The molecule has 3 aromatic rings. The molecule has 37 heavy (non-hydrogen) atoms. The third kappa shape index (κ3) is 4.68. The average molecular weight is 499 g/mol. The van der Waals surface area contributed by atoms with E-state index in [0.29, 0.717) is 49.8 Å². The van der Waals surface area contributed by atoms with Crippen molar-refractivity contribution in [1.29, 1.82) is 0 Å². The number of fused-ring (bicyclic) bond motifs is 4. The van der Waals surface area contributed by atoms with Gasteiger partial charge in [0.05, 0.1) is 25.2 Å². The third-order valence-corrected chi connectivity index (χ3v) is 7.37. The fourth-order valence-electron chi connectivity index (χ4n) is 5.55. The molecular weight excluding hydrogens is 464 g/mol. The van der Waals surface area contributed by atoms with Crippen LogP contribution in [0.15, 0.2) is 60.7 Å². The quantitative estimate of drug-likeness (QED) is 0.464. The topological polar surface area (TPSA) is 67.9 Å². The molecule has 0 aromatic heterocycles. The minimum atomic E-state index is -0.532. The molecule has 0 bridgehead atoms. The second-order valence-corrected chi connectivity index (χ2v) is 9.51. The van der Waals surface area contributed by atoms with Crippen molar-refractivity contribution in [2.45, 2.75) is 52.1 Å². The number of carbonyl (C=O) groups excluding carboxylic acids is 2. The Morgan fingerprint density at radius 2 is 1.59 bits per heavy atom. The molecule has 2 heterocycles. The number of nitrogens with zero attached hydrogens (tertiary/aromatic N) is 1. The predicted octanol–water partition coefficient (Wildman–Crippen LogP) is 5.20. The van der Waals surface area contributed by atoms with Crippen molar-refractivity contribution in [1.82, 2.24) is 10.2 Å². The SMILES string of the molecule is CCOc1cc2c(cc1OCC)[C@@H]1[C@@H](C(=O)NCc3ccc(CC)cc3)c3ccccc3C(=O)N1CC2. The summed E-state index contributed by atoms with van der Waals surface area (Å²) >= 11 is 0. The highest BCUT2D eigenvalue weighted by molar-refractivity contribution is 6.01. The maximum atomic E-state index is 13.9. The van der Waals surface area contributed by atoms with Gasteiger partial charge in [-0.25, -0.2) is 0 Å². The summed E-state index contributed by atoms with van der Waals surface area (Å²) in [5.41, 5.74) is 5.73. The van der Waals surface area contributed by atoms with Gasteiger partial charge in [0, 0.05) is 18.7 Å². The highest BCUT2D eigenvalue weighted by Crippen LogP contribution is 2.48. The Morgan fingerprint density at radius 1 is 0.919 bits per heavy atom. The fraction of sp³-hybridized carbons (Fsp3) is 0.355. The van der Waals surface area contributed by atoms with E-state index in [4.69, 9.17) is 9.47 Å². The largest absolute Gasteiger partial charge is 0.490 e. The smallest absolute Gasteiger partial charge is 0.254 e. The molecule has 0 radical (unpaired) electrons. The summed E-state index contributed by atoms with van der Waals surface area (Å²) in [5, 5.41) is 3.16. The van der Waals surface area contributed by atoms with E-state index in [1.807, 2.05) is 55.1 Å². The summed E-state index contributed by atoms with van der Waals surface area (Å²) in [6.45, 7) is 8.02. The first-order valence-electron chi connectivity index (χ1n) is 13.2. The maximum Gasteiger partial charge on any atom is 0.254 e. The average Bonchev–Trinajstić information content (AvgIpc) is 2.93. The lowest BCUT2D eigenvalue weighted by Gasteiger charge is -2.45. The molecule has 0 saturated heterocycles. The van der Waals surface area contributed by atoms with Crippen molar-refractivity contribution in [2.24, 2.45) is 0 Å². The zero-order chi connectivity index (χ0) is 25.9. The molecule has 0 saturated carbocycles. The van der Waals surface area contributed by atoms with Crippen LogP contribution in [0.5, 0.6) is 11.5 Å². The number of hydrogen-bond acceptors (Lipinski definition) is 4. The lowest BCUT2D eigenvalue weighted by atomic mass is 9.75. The van der Waals surface area contributed by atoms with E-state index < -0.39 is 12.0 Å². The molecule has 6 heteroatoms. The summed E-state index contributed by atoms with van der Waals surface area (Å²) in [7, 11) is 0. The Bertz CT molecular complexity index is 1300. The predicted molar refractivity (Wildman–Crippen MR) is 143 cm³/mol. The van der Waals surface area contributed by atoms with E-state index in [1.54, 1.807) is 0 Å². The van der Waals surface area contributed by atoms with Crippen LogP contribution in [0.1, 0.15) is 70.9 Å². The van der Waals surface area contributed by atoms with E-state index in [9.17, 15) is 9.59 Å². The third-order valence-electron chi connectivity index (χ3n) is 7.37. The van der Waals surface area contributed by atoms with Gasteiger partial charge >= 0.3 is 0 Å². The van der Waals surface area contributed by atoms with Crippen LogP contribution >= 0.6 is 0 Å². The van der Waals surface area contributed by atoms with Crippen molar-refractivity contribution in [3.05, 3.63) is 94.0 Å². The molecule has 0 fully saturated rings. The van der Waals surface area contributed by atoms with E-state index in [-0.39, 0.29) is 11.8 Å². The van der Waals surface area contributed by atoms with Gasteiger partial charge in [0.25, 0.3) is 5.91 Å². The van der Waals surface area contributed by atoms with Crippen LogP contribution in [0.2, 0.25) is 0 Å². The summed E-state index contributed by atoms with van der Waals surface area (Å²) in [4.78, 5) is 29.4. The van der Waals surface area contributed by atoms with Gasteiger partial charge in [-0.3, -0.25) is 9.59 Å². The van der Waals surface area contributed by atoms with Crippen LogP contribution in [0.3, 0.4) is 0 Å². The van der Waals surface area contributed by atoms with Crippen molar-refractivity contribution in [3.8, 4) is 11.5 Å². The van der Waals surface area contributed by atoms with Gasteiger partial charge < -0.3 is 19.7 Å². The molecule has 2 amide bonds. The first-order valence-corrected chi connectivity index (χ1v) is 13.2. The lowest BCUT2D eigenvalue weighted by molar-refractivity contribution is -0.124. The number of hydrogen-bond donors (Lipinski definition) is 1. The standard InChI is InChI=1S/C31H34N2O4/c1-4-20-11-13-21(14-12-20)19-32-30(34)28-23-9-7-8-10-24(23)31(35)33-16-15-22-17-26(36-5-2)27(37-6-3)18-25(22)29(28)33/h7-14,17-18,28-29H,4-6,15-16,19H2,1-3H3,(H,32,34)/t28-,29+/m0/s1. The van der Waals surface area contributed by atoms with Gasteiger partial charge in [0.1, 0.15) is 0 Å². The Hall–Kier alpha value is -3.80. The summed E-state index contributed by atoms with van der Waals surface area (Å²) in [6.07, 6.45) is 1.68. The molecular formula is C31H34N2O4. The molecule has 5 rings (SSSR count). The van der Waals surface area contributed by atoms with Crippen molar-refractivity contribution in [2.75, 3.05) is 19.8 Å². The minimum Gasteiger partial charge on any atom is -0.490 e. The zero-order valence-electron chi connectivity index (χ0n) is 21.8. The second kappa shape index (κ2) is 10.7. The van der Waals surface area contributed by atoms with Gasteiger partial charge in [-0.05, 0) is 72.7 Å². The summed E-state index contributed by atoms with van der Waals surface area (Å²) in [5.74, 6) is 0.698. The number of benzene rings is 3. The number of amides is 2. The molecule has 192 valence electrons. The summed E-state index contributed by atoms with van der Waals surface area (Å²) in [6, 6.07) is 19.4. The maximum absolute atomic E-state index is 13.9. The number of ether oxygens (including phenoxy) is 2. The molecule has 2 atom stereocenters. The number of aryl methyl sites for hydroxylation is 1.